The Morgan fingerprint density at radius 1 is 1.27 bits per heavy atom. The van der Waals surface area contributed by atoms with Crippen LogP contribution in [0.3, 0.4) is 0 Å². The minimum absolute atomic E-state index is 0.217. The van der Waals surface area contributed by atoms with Crippen molar-refractivity contribution in [3.63, 3.8) is 0 Å². The molecule has 0 spiro atoms. The maximum absolute atomic E-state index is 10.9. The molecule has 4 N–H and O–H groups in total. The molecule has 82 valence electrons. The van der Waals surface area contributed by atoms with Crippen molar-refractivity contribution in [1.29, 1.82) is 0 Å². The fraction of sp³-hybridized carbons (Fsp3) is 0.333. The topological polar surface area (TPSA) is 81.6 Å². The molecule has 1 aliphatic heterocycles. The Balaban J connectivity index is 2.35. The first-order valence-electron chi connectivity index (χ1n) is 4.70. The van der Waals surface area contributed by atoms with Gasteiger partial charge in [-0.1, -0.05) is 12.1 Å². The van der Waals surface area contributed by atoms with Crippen LogP contribution >= 0.6 is 7.60 Å². The molecular formula is C9H13N2O3P. The van der Waals surface area contributed by atoms with Gasteiger partial charge in [0, 0.05) is 13.1 Å². The van der Waals surface area contributed by atoms with E-state index in [-0.39, 0.29) is 6.16 Å². The van der Waals surface area contributed by atoms with Crippen LogP contribution in [0.25, 0.3) is 0 Å². The zero-order valence-corrected chi connectivity index (χ0v) is 9.00. The Bertz CT molecular complexity index is 416. The highest BCUT2D eigenvalue weighted by molar-refractivity contribution is 7.50. The van der Waals surface area contributed by atoms with Crippen molar-refractivity contribution in [2.24, 2.45) is 0 Å². The van der Waals surface area contributed by atoms with Crippen LogP contribution < -0.4 is 10.6 Å². The van der Waals surface area contributed by atoms with E-state index in [9.17, 15) is 4.57 Å². The number of para-hydroxylation sites is 1. The van der Waals surface area contributed by atoms with Crippen LogP contribution in [0.1, 0.15) is 5.56 Å². The first-order chi connectivity index (χ1) is 7.06. The van der Waals surface area contributed by atoms with Gasteiger partial charge in [0.25, 0.3) is 0 Å². The summed E-state index contributed by atoms with van der Waals surface area (Å²) >= 11 is 0. The number of hydrogen-bond acceptors (Lipinski definition) is 3. The van der Waals surface area contributed by atoms with Crippen LogP contribution in [0.2, 0.25) is 0 Å². The smallest absolute Gasteiger partial charge is 0.329 e. The summed E-state index contributed by atoms with van der Waals surface area (Å²) < 4.78 is 10.9. The number of hydrogen-bond donors (Lipinski definition) is 4. The van der Waals surface area contributed by atoms with Crippen LogP contribution in [0.5, 0.6) is 0 Å². The fourth-order valence-electron chi connectivity index (χ4n) is 1.69. The molecule has 0 aromatic heterocycles. The van der Waals surface area contributed by atoms with Crippen molar-refractivity contribution in [3.05, 3.63) is 23.8 Å². The molecule has 15 heavy (non-hydrogen) atoms. The molecule has 0 saturated carbocycles. The van der Waals surface area contributed by atoms with Gasteiger partial charge in [0.15, 0.2) is 0 Å². The number of anilines is 2. The summed E-state index contributed by atoms with van der Waals surface area (Å²) in [7, 11) is -4.00. The zero-order valence-electron chi connectivity index (χ0n) is 8.10. The third-order valence-electron chi connectivity index (χ3n) is 2.27. The molecule has 1 aromatic rings. The molecule has 2 rings (SSSR count). The van der Waals surface area contributed by atoms with Gasteiger partial charge in [-0.15, -0.1) is 0 Å². The summed E-state index contributed by atoms with van der Waals surface area (Å²) in [6, 6.07) is 5.42. The van der Waals surface area contributed by atoms with Gasteiger partial charge in [0.05, 0.1) is 17.5 Å². The van der Waals surface area contributed by atoms with E-state index in [2.05, 4.69) is 10.6 Å². The largest absolute Gasteiger partial charge is 0.382 e. The Labute approximate surface area is 87.7 Å². The van der Waals surface area contributed by atoms with Gasteiger partial charge in [-0.2, -0.15) is 0 Å². The number of rotatable bonds is 2. The van der Waals surface area contributed by atoms with Crippen molar-refractivity contribution in [2.45, 2.75) is 6.16 Å². The second-order valence-electron chi connectivity index (χ2n) is 3.52. The summed E-state index contributed by atoms with van der Waals surface area (Å²) in [6.45, 7) is 1.59. The average Bonchev–Trinajstić information content (AvgIpc) is 2.16. The van der Waals surface area contributed by atoms with Crippen LogP contribution in [-0.4, -0.2) is 22.9 Å². The van der Waals surface area contributed by atoms with Crippen molar-refractivity contribution in [3.8, 4) is 0 Å². The molecule has 0 atom stereocenters. The second-order valence-corrected chi connectivity index (χ2v) is 5.16. The summed E-state index contributed by atoms with van der Waals surface area (Å²) in [5.74, 6) is 0. The highest BCUT2D eigenvalue weighted by Gasteiger charge is 2.19. The predicted octanol–water partition coefficient (Wildman–Crippen LogP) is 1.20. The first kappa shape index (κ1) is 10.5. The van der Waals surface area contributed by atoms with Gasteiger partial charge in [-0.3, -0.25) is 4.57 Å². The third-order valence-corrected chi connectivity index (χ3v) is 3.02. The monoisotopic (exact) mass is 228 g/mol. The Kier molecular flexibility index (Phi) is 2.69. The van der Waals surface area contributed by atoms with E-state index in [1.165, 1.54) is 0 Å². The molecule has 0 bridgehead atoms. The highest BCUT2D eigenvalue weighted by Crippen LogP contribution is 2.42. The Morgan fingerprint density at radius 3 is 2.73 bits per heavy atom. The molecular weight excluding hydrogens is 215 g/mol. The van der Waals surface area contributed by atoms with Gasteiger partial charge < -0.3 is 20.4 Å². The SMILES string of the molecule is O=P(O)(O)Cc1cccc2c1NCCN2. The maximum atomic E-state index is 10.9. The molecule has 0 saturated heterocycles. The molecule has 1 aliphatic rings. The average molecular weight is 228 g/mol. The van der Waals surface area contributed by atoms with E-state index >= 15 is 0 Å². The molecule has 0 radical (unpaired) electrons. The second kappa shape index (κ2) is 3.85. The van der Waals surface area contributed by atoms with E-state index in [1.54, 1.807) is 12.1 Å². The summed E-state index contributed by atoms with van der Waals surface area (Å²) in [5.41, 5.74) is 2.38. The lowest BCUT2D eigenvalue weighted by Crippen LogP contribution is -2.21. The summed E-state index contributed by atoms with van der Waals surface area (Å²) in [5, 5.41) is 6.32. The van der Waals surface area contributed by atoms with E-state index in [0.717, 1.165) is 24.5 Å². The maximum Gasteiger partial charge on any atom is 0.329 e. The minimum atomic E-state index is -4.00. The molecule has 0 aliphatic carbocycles. The van der Waals surface area contributed by atoms with Crippen molar-refractivity contribution in [1.82, 2.24) is 0 Å². The number of benzene rings is 1. The van der Waals surface area contributed by atoms with Crippen LogP contribution in [0, 0.1) is 0 Å². The fourth-order valence-corrected chi connectivity index (χ4v) is 2.40. The standard InChI is InChI=1S/C9H13N2O3P/c12-15(13,14)6-7-2-1-3-8-9(7)11-5-4-10-8/h1-3,10-11H,4-6H2,(H2,12,13,14). The molecule has 0 amide bonds. The van der Waals surface area contributed by atoms with Crippen LogP contribution in [0.4, 0.5) is 11.4 Å². The molecule has 1 aromatic carbocycles. The van der Waals surface area contributed by atoms with E-state index in [1.807, 2.05) is 6.07 Å². The van der Waals surface area contributed by atoms with Gasteiger partial charge in [-0.25, -0.2) is 0 Å². The lowest BCUT2D eigenvalue weighted by atomic mass is 10.1. The van der Waals surface area contributed by atoms with Gasteiger partial charge in [0.1, 0.15) is 0 Å². The normalized spacial score (nSPS) is 15.1. The highest BCUT2D eigenvalue weighted by atomic mass is 31.2. The van der Waals surface area contributed by atoms with Crippen molar-refractivity contribution in [2.75, 3.05) is 23.7 Å². The van der Waals surface area contributed by atoms with Gasteiger partial charge in [-0.05, 0) is 11.6 Å². The lowest BCUT2D eigenvalue weighted by Gasteiger charge is -2.22. The van der Waals surface area contributed by atoms with Crippen LogP contribution in [0.15, 0.2) is 18.2 Å². The Morgan fingerprint density at radius 2 is 2.00 bits per heavy atom. The molecule has 5 nitrogen and oxygen atoms in total. The summed E-state index contributed by atoms with van der Waals surface area (Å²) in [4.78, 5) is 17.9. The number of fused-ring (bicyclic) bond motifs is 1. The summed E-state index contributed by atoms with van der Waals surface area (Å²) in [6.07, 6.45) is -0.217. The molecule has 1 heterocycles. The van der Waals surface area contributed by atoms with E-state index in [4.69, 9.17) is 9.79 Å². The van der Waals surface area contributed by atoms with Gasteiger partial charge >= 0.3 is 7.60 Å². The van der Waals surface area contributed by atoms with Crippen LogP contribution in [-0.2, 0) is 10.7 Å². The molecule has 0 fully saturated rings. The van der Waals surface area contributed by atoms with E-state index in [0.29, 0.717) is 5.56 Å². The number of nitrogens with one attached hydrogen (secondary N) is 2. The third kappa shape index (κ3) is 2.50. The Hall–Kier alpha value is -1.03. The molecule has 0 unspecified atom stereocenters. The minimum Gasteiger partial charge on any atom is -0.382 e. The van der Waals surface area contributed by atoms with Crippen molar-refractivity contribution < 1.29 is 14.4 Å². The quantitative estimate of drug-likeness (QED) is 0.572. The van der Waals surface area contributed by atoms with Crippen molar-refractivity contribution >= 4 is 19.0 Å². The molecule has 6 heteroatoms. The van der Waals surface area contributed by atoms with E-state index < -0.39 is 7.60 Å². The zero-order chi connectivity index (χ0) is 10.9. The lowest BCUT2D eigenvalue weighted by molar-refractivity contribution is 0.372. The first-order valence-corrected chi connectivity index (χ1v) is 6.50. The predicted molar refractivity (Wildman–Crippen MR) is 59.2 cm³/mol. The van der Waals surface area contributed by atoms with Gasteiger partial charge in [0.2, 0.25) is 0 Å².